The Bertz CT molecular complexity index is 566. The van der Waals surface area contributed by atoms with E-state index in [1.165, 1.54) is 23.1 Å². The number of rotatable bonds is 2. The molecule has 2 rings (SSSR count). The van der Waals surface area contributed by atoms with Gasteiger partial charge in [0.05, 0.1) is 5.41 Å². The van der Waals surface area contributed by atoms with E-state index in [0.717, 1.165) is 0 Å². The predicted octanol–water partition coefficient (Wildman–Crippen LogP) is 0.702. The first-order chi connectivity index (χ1) is 8.92. The molecule has 102 valence electrons. The maximum absolute atomic E-state index is 12.2. The zero-order chi connectivity index (χ0) is 14.0. The maximum Gasteiger partial charge on any atom is 0.311 e. The van der Waals surface area contributed by atoms with Crippen molar-refractivity contribution in [2.75, 3.05) is 13.1 Å². The third kappa shape index (κ3) is 2.67. The second-order valence-corrected chi connectivity index (χ2v) is 5.12. The number of carbonyl (C=O) groups excluding carboxylic acids is 1. The third-order valence-corrected chi connectivity index (χ3v) is 3.50. The summed E-state index contributed by atoms with van der Waals surface area (Å²) in [6.07, 6.45) is 1.20. The number of piperidine rings is 1. The van der Waals surface area contributed by atoms with E-state index >= 15 is 0 Å². The molecule has 2 N–H and O–H groups in total. The van der Waals surface area contributed by atoms with Crippen LogP contribution in [0.2, 0.25) is 0 Å². The summed E-state index contributed by atoms with van der Waals surface area (Å²) >= 11 is 0. The Morgan fingerprint density at radius 3 is 2.79 bits per heavy atom. The lowest BCUT2D eigenvalue weighted by molar-refractivity contribution is -0.150. The molecule has 1 fully saturated rings. The van der Waals surface area contributed by atoms with E-state index in [1.807, 2.05) is 0 Å². The van der Waals surface area contributed by atoms with Gasteiger partial charge in [-0.15, -0.1) is 0 Å². The van der Waals surface area contributed by atoms with Crippen LogP contribution in [0.5, 0.6) is 0 Å². The molecule has 19 heavy (non-hydrogen) atoms. The smallest absolute Gasteiger partial charge is 0.311 e. The van der Waals surface area contributed by atoms with Gasteiger partial charge >= 0.3 is 5.97 Å². The molecule has 0 aliphatic carbocycles. The Morgan fingerprint density at radius 2 is 2.16 bits per heavy atom. The number of aliphatic carboxylic acids is 1. The second kappa shape index (κ2) is 4.87. The molecule has 6 nitrogen and oxygen atoms in total. The Kier molecular flexibility index (Phi) is 3.42. The summed E-state index contributed by atoms with van der Waals surface area (Å²) in [6.45, 7) is 2.32. The second-order valence-electron chi connectivity index (χ2n) is 5.12. The highest BCUT2D eigenvalue weighted by Gasteiger charge is 2.39. The van der Waals surface area contributed by atoms with Crippen LogP contribution in [0.15, 0.2) is 23.0 Å². The minimum absolute atomic E-state index is 0.165. The van der Waals surface area contributed by atoms with Crippen LogP contribution in [0, 0.1) is 5.41 Å². The SMILES string of the molecule is CC1(C(=O)O)CCCN(C(=O)c2cccc(=O)[nH]2)C1. The summed E-state index contributed by atoms with van der Waals surface area (Å²) in [7, 11) is 0. The fourth-order valence-electron chi connectivity index (χ4n) is 2.33. The molecule has 1 saturated heterocycles. The van der Waals surface area contributed by atoms with Gasteiger partial charge in [-0.05, 0) is 25.8 Å². The molecule has 0 bridgehead atoms. The van der Waals surface area contributed by atoms with Gasteiger partial charge in [0.1, 0.15) is 5.69 Å². The van der Waals surface area contributed by atoms with Crippen molar-refractivity contribution in [3.05, 3.63) is 34.2 Å². The minimum Gasteiger partial charge on any atom is -0.481 e. The van der Waals surface area contributed by atoms with Crippen LogP contribution in [0.4, 0.5) is 0 Å². The first-order valence-electron chi connectivity index (χ1n) is 6.14. The third-order valence-electron chi connectivity index (χ3n) is 3.50. The normalized spacial score (nSPS) is 23.1. The van der Waals surface area contributed by atoms with Crippen LogP contribution in [-0.2, 0) is 4.79 Å². The highest BCUT2D eigenvalue weighted by atomic mass is 16.4. The van der Waals surface area contributed by atoms with Crippen molar-refractivity contribution < 1.29 is 14.7 Å². The van der Waals surface area contributed by atoms with E-state index in [9.17, 15) is 19.5 Å². The molecular weight excluding hydrogens is 248 g/mol. The van der Waals surface area contributed by atoms with Gasteiger partial charge in [-0.2, -0.15) is 0 Å². The van der Waals surface area contributed by atoms with Crippen LogP contribution in [0.25, 0.3) is 0 Å². The van der Waals surface area contributed by atoms with Gasteiger partial charge in [0.15, 0.2) is 0 Å². The summed E-state index contributed by atoms with van der Waals surface area (Å²) in [4.78, 5) is 38.6. The number of likely N-dealkylation sites (tertiary alicyclic amines) is 1. The van der Waals surface area contributed by atoms with Gasteiger partial charge in [-0.25, -0.2) is 0 Å². The molecule has 0 saturated carbocycles. The van der Waals surface area contributed by atoms with Gasteiger partial charge < -0.3 is 15.0 Å². The summed E-state index contributed by atoms with van der Waals surface area (Å²) < 4.78 is 0. The molecular formula is C13H16N2O4. The van der Waals surface area contributed by atoms with Gasteiger partial charge in [-0.1, -0.05) is 6.07 Å². The molecule has 1 amide bonds. The Balaban J connectivity index is 2.20. The topological polar surface area (TPSA) is 90.5 Å². The van der Waals surface area contributed by atoms with Crippen LogP contribution >= 0.6 is 0 Å². The van der Waals surface area contributed by atoms with Gasteiger partial charge in [0, 0.05) is 19.2 Å². The molecule has 1 aromatic heterocycles. The van der Waals surface area contributed by atoms with Crippen molar-refractivity contribution in [3.8, 4) is 0 Å². The molecule has 0 aromatic carbocycles. The molecule has 1 unspecified atom stereocenters. The number of carboxylic acids is 1. The van der Waals surface area contributed by atoms with E-state index < -0.39 is 11.4 Å². The zero-order valence-electron chi connectivity index (χ0n) is 10.7. The fourth-order valence-corrected chi connectivity index (χ4v) is 2.33. The maximum atomic E-state index is 12.2. The molecule has 1 aliphatic heterocycles. The van der Waals surface area contributed by atoms with Crippen LogP contribution in [-0.4, -0.2) is 40.0 Å². The quantitative estimate of drug-likeness (QED) is 0.822. The van der Waals surface area contributed by atoms with Gasteiger partial charge in [0.25, 0.3) is 5.91 Å². The van der Waals surface area contributed by atoms with Crippen molar-refractivity contribution >= 4 is 11.9 Å². The van der Waals surface area contributed by atoms with Crippen molar-refractivity contribution in [1.82, 2.24) is 9.88 Å². The van der Waals surface area contributed by atoms with Crippen molar-refractivity contribution in [2.24, 2.45) is 5.41 Å². The Morgan fingerprint density at radius 1 is 1.42 bits per heavy atom. The van der Waals surface area contributed by atoms with Crippen molar-refractivity contribution in [2.45, 2.75) is 19.8 Å². The predicted molar refractivity (Wildman–Crippen MR) is 67.9 cm³/mol. The Labute approximate surface area is 110 Å². The number of aromatic amines is 1. The summed E-state index contributed by atoms with van der Waals surface area (Å²) in [5, 5.41) is 9.22. The van der Waals surface area contributed by atoms with E-state index in [2.05, 4.69) is 4.98 Å². The number of hydrogen-bond acceptors (Lipinski definition) is 3. The fraction of sp³-hybridized carbons (Fsp3) is 0.462. The first-order valence-corrected chi connectivity index (χ1v) is 6.14. The number of carboxylic acid groups (broad SMARTS) is 1. The standard InChI is InChI=1S/C13H16N2O4/c1-13(12(18)19)6-3-7-15(8-13)11(17)9-4-2-5-10(16)14-9/h2,4-5H,3,6-8H2,1H3,(H,14,16)(H,18,19). The molecule has 0 radical (unpaired) electrons. The molecule has 0 spiro atoms. The van der Waals surface area contributed by atoms with Crippen LogP contribution < -0.4 is 5.56 Å². The lowest BCUT2D eigenvalue weighted by Crippen LogP contribution is -2.48. The number of hydrogen-bond donors (Lipinski definition) is 2. The van der Waals surface area contributed by atoms with E-state index in [4.69, 9.17) is 0 Å². The van der Waals surface area contributed by atoms with Crippen LogP contribution in [0.3, 0.4) is 0 Å². The molecule has 1 aromatic rings. The number of nitrogens with one attached hydrogen (secondary N) is 1. The largest absolute Gasteiger partial charge is 0.481 e. The van der Waals surface area contributed by atoms with E-state index in [0.29, 0.717) is 19.4 Å². The zero-order valence-corrected chi connectivity index (χ0v) is 10.7. The number of aromatic nitrogens is 1. The van der Waals surface area contributed by atoms with Gasteiger partial charge in [-0.3, -0.25) is 14.4 Å². The number of nitrogens with zero attached hydrogens (tertiary/aromatic N) is 1. The first kappa shape index (κ1) is 13.3. The average molecular weight is 264 g/mol. The highest BCUT2D eigenvalue weighted by molar-refractivity contribution is 5.92. The minimum atomic E-state index is -0.914. The number of pyridine rings is 1. The lowest BCUT2D eigenvalue weighted by Gasteiger charge is -2.37. The summed E-state index contributed by atoms with van der Waals surface area (Å²) in [5.41, 5.74) is -1.06. The summed E-state index contributed by atoms with van der Waals surface area (Å²) in [5.74, 6) is -1.23. The summed E-state index contributed by atoms with van der Waals surface area (Å²) in [6, 6.07) is 4.36. The van der Waals surface area contributed by atoms with E-state index in [-0.39, 0.29) is 23.7 Å². The molecule has 1 aliphatic rings. The molecule has 1 atom stereocenters. The number of carbonyl (C=O) groups is 2. The van der Waals surface area contributed by atoms with Crippen LogP contribution in [0.1, 0.15) is 30.3 Å². The molecule has 6 heteroatoms. The Hall–Kier alpha value is -2.11. The van der Waals surface area contributed by atoms with Crippen molar-refractivity contribution in [1.29, 1.82) is 0 Å². The van der Waals surface area contributed by atoms with E-state index in [1.54, 1.807) is 6.92 Å². The number of H-pyrrole nitrogens is 1. The molecule has 2 heterocycles. The number of amides is 1. The van der Waals surface area contributed by atoms with Gasteiger partial charge in [0.2, 0.25) is 5.56 Å². The average Bonchev–Trinajstić information content (AvgIpc) is 2.38. The lowest BCUT2D eigenvalue weighted by atomic mass is 9.82. The van der Waals surface area contributed by atoms with Crippen molar-refractivity contribution in [3.63, 3.8) is 0 Å². The highest BCUT2D eigenvalue weighted by Crippen LogP contribution is 2.30. The monoisotopic (exact) mass is 264 g/mol.